The van der Waals surface area contributed by atoms with Crippen LogP contribution in [-0.2, 0) is 30.5 Å². The van der Waals surface area contributed by atoms with Crippen molar-refractivity contribution in [1.82, 2.24) is 25.8 Å². The third-order valence-electron chi connectivity index (χ3n) is 5.92. The molecule has 1 aromatic rings. The van der Waals surface area contributed by atoms with Gasteiger partial charge in [-0.3, -0.25) is 24.0 Å². The summed E-state index contributed by atoms with van der Waals surface area (Å²) >= 11 is 0. The van der Waals surface area contributed by atoms with Gasteiger partial charge in [-0.15, -0.1) is 0 Å². The van der Waals surface area contributed by atoms with Crippen LogP contribution in [0.15, 0.2) is 24.3 Å². The number of nitrogens with zero attached hydrogens (tertiary/aromatic N) is 2. The summed E-state index contributed by atoms with van der Waals surface area (Å²) in [5.41, 5.74) is 1.01. The second-order valence-electron chi connectivity index (χ2n) is 8.61. The molecule has 2 aliphatic heterocycles. The molecule has 0 bridgehead atoms. The highest BCUT2D eigenvalue weighted by Crippen LogP contribution is 2.17. The predicted octanol–water partition coefficient (Wildman–Crippen LogP) is -0.985. The van der Waals surface area contributed by atoms with Gasteiger partial charge in [-0.2, -0.15) is 0 Å². The van der Waals surface area contributed by atoms with Crippen molar-refractivity contribution in [3.05, 3.63) is 35.4 Å². The van der Waals surface area contributed by atoms with Crippen LogP contribution in [0.25, 0.3) is 0 Å². The summed E-state index contributed by atoms with van der Waals surface area (Å²) in [7, 11) is 3.13. The average Bonchev–Trinajstić information content (AvgIpc) is 3.30. The van der Waals surface area contributed by atoms with E-state index < -0.39 is 35.8 Å². The van der Waals surface area contributed by atoms with Crippen molar-refractivity contribution in [2.45, 2.75) is 44.5 Å². The minimum atomic E-state index is -1.16. The molecule has 3 N–H and O–H groups in total. The number of fused-ring (bicyclic) bond motifs is 1. The average molecular weight is 474 g/mol. The van der Waals surface area contributed by atoms with E-state index in [4.69, 9.17) is 4.74 Å². The summed E-state index contributed by atoms with van der Waals surface area (Å²) in [4.78, 5) is 66.2. The number of hydrogen-bond donors (Lipinski definition) is 3. The van der Waals surface area contributed by atoms with E-state index in [1.807, 2.05) is 0 Å². The molecule has 1 saturated heterocycles. The van der Waals surface area contributed by atoms with Crippen LogP contribution in [0.4, 0.5) is 0 Å². The first kappa shape index (κ1) is 25.2. The van der Waals surface area contributed by atoms with E-state index in [0.29, 0.717) is 30.5 Å². The summed E-state index contributed by atoms with van der Waals surface area (Å²) in [5, 5.41) is 7.98. The van der Waals surface area contributed by atoms with Crippen LogP contribution >= 0.6 is 0 Å². The molecule has 0 aliphatic carbocycles. The van der Waals surface area contributed by atoms with Gasteiger partial charge in [0, 0.05) is 39.7 Å². The third-order valence-corrected chi connectivity index (χ3v) is 5.92. The highest BCUT2D eigenvalue weighted by Gasteiger charge is 2.35. The molecule has 1 fully saturated rings. The number of likely N-dealkylation sites (N-methyl/N-ethyl adjacent to an activating group) is 1. The number of rotatable bonds is 3. The fourth-order valence-corrected chi connectivity index (χ4v) is 4.10. The number of amides is 5. The van der Waals surface area contributed by atoms with Crippen LogP contribution in [0.5, 0.6) is 0 Å². The molecule has 34 heavy (non-hydrogen) atoms. The van der Waals surface area contributed by atoms with Gasteiger partial charge in [-0.05, 0) is 24.5 Å². The zero-order chi connectivity index (χ0) is 24.8. The maximum absolute atomic E-state index is 13.1. The number of benzene rings is 1. The summed E-state index contributed by atoms with van der Waals surface area (Å²) in [5.74, 6) is -2.13. The molecule has 1 aromatic carbocycles. The van der Waals surface area contributed by atoms with Gasteiger partial charge in [0.05, 0.1) is 13.2 Å². The number of carbonyl (C=O) groups is 5. The molecule has 11 heteroatoms. The molecule has 11 nitrogen and oxygen atoms in total. The fourth-order valence-electron chi connectivity index (χ4n) is 4.10. The molecule has 0 unspecified atom stereocenters. The van der Waals surface area contributed by atoms with Crippen LogP contribution in [0.3, 0.4) is 0 Å². The van der Waals surface area contributed by atoms with Crippen molar-refractivity contribution < 1.29 is 28.7 Å². The summed E-state index contributed by atoms with van der Waals surface area (Å²) in [6, 6.07) is 4.05. The van der Waals surface area contributed by atoms with Crippen LogP contribution < -0.4 is 16.0 Å². The second-order valence-corrected chi connectivity index (χ2v) is 8.61. The van der Waals surface area contributed by atoms with Gasteiger partial charge >= 0.3 is 0 Å². The molecular weight excluding hydrogens is 442 g/mol. The number of carbonyl (C=O) groups excluding carboxylic acids is 5. The molecule has 5 amide bonds. The molecule has 2 heterocycles. The lowest BCUT2D eigenvalue weighted by molar-refractivity contribution is -0.139. The van der Waals surface area contributed by atoms with Crippen molar-refractivity contribution in [3.8, 4) is 0 Å². The minimum Gasteiger partial charge on any atom is -0.374 e. The van der Waals surface area contributed by atoms with Gasteiger partial charge < -0.3 is 30.5 Å². The largest absolute Gasteiger partial charge is 0.374 e. The highest BCUT2D eigenvalue weighted by atomic mass is 16.5. The van der Waals surface area contributed by atoms with Crippen molar-refractivity contribution in [2.75, 3.05) is 33.8 Å². The Morgan fingerprint density at radius 2 is 1.91 bits per heavy atom. The molecular formula is C23H31N5O6. The van der Waals surface area contributed by atoms with Crippen LogP contribution in [0, 0.1) is 0 Å². The Labute approximate surface area is 198 Å². The van der Waals surface area contributed by atoms with E-state index >= 15 is 0 Å². The van der Waals surface area contributed by atoms with E-state index in [9.17, 15) is 24.0 Å². The summed E-state index contributed by atoms with van der Waals surface area (Å²) in [6.45, 7) is 1.64. The third kappa shape index (κ3) is 5.90. The van der Waals surface area contributed by atoms with Crippen LogP contribution in [0.2, 0.25) is 0 Å². The molecule has 2 aliphatic rings. The number of hydrogen-bond acceptors (Lipinski definition) is 6. The van der Waals surface area contributed by atoms with Crippen molar-refractivity contribution in [1.29, 1.82) is 0 Å². The van der Waals surface area contributed by atoms with Gasteiger partial charge in [-0.1, -0.05) is 18.2 Å². The quantitative estimate of drug-likeness (QED) is 0.516. The predicted molar refractivity (Wildman–Crippen MR) is 121 cm³/mol. The van der Waals surface area contributed by atoms with Crippen molar-refractivity contribution in [2.24, 2.45) is 0 Å². The lowest BCUT2D eigenvalue weighted by Crippen LogP contribution is -2.60. The topological polar surface area (TPSA) is 137 Å². The van der Waals surface area contributed by atoms with Crippen LogP contribution in [-0.4, -0.2) is 91.3 Å². The first-order chi connectivity index (χ1) is 16.2. The number of likely N-dealkylation sites (tertiary alicyclic amines) is 1. The van der Waals surface area contributed by atoms with Crippen molar-refractivity contribution >= 4 is 29.5 Å². The smallest absolute Gasteiger partial charge is 0.251 e. The Morgan fingerprint density at radius 3 is 2.62 bits per heavy atom. The Morgan fingerprint density at radius 1 is 1.18 bits per heavy atom. The molecule has 184 valence electrons. The van der Waals surface area contributed by atoms with E-state index in [1.54, 1.807) is 38.4 Å². The number of nitrogens with one attached hydrogen (secondary N) is 3. The van der Waals surface area contributed by atoms with Gasteiger partial charge in [0.1, 0.15) is 18.1 Å². The highest BCUT2D eigenvalue weighted by molar-refractivity contribution is 5.97. The van der Waals surface area contributed by atoms with Gasteiger partial charge in [-0.25, -0.2) is 0 Å². The normalized spacial score (nSPS) is 23.5. The van der Waals surface area contributed by atoms with Gasteiger partial charge in [0.2, 0.25) is 23.6 Å². The molecule has 0 saturated carbocycles. The van der Waals surface area contributed by atoms with E-state index in [0.717, 1.165) is 0 Å². The maximum Gasteiger partial charge on any atom is 0.251 e. The summed E-state index contributed by atoms with van der Waals surface area (Å²) in [6.07, 6.45) is 1.16. The van der Waals surface area contributed by atoms with Crippen molar-refractivity contribution in [3.63, 3.8) is 0 Å². The summed E-state index contributed by atoms with van der Waals surface area (Å²) < 4.78 is 5.68. The number of ether oxygens (including phenoxy) is 1. The van der Waals surface area contributed by atoms with E-state index in [-0.39, 0.29) is 31.6 Å². The maximum atomic E-state index is 13.1. The molecule has 0 spiro atoms. The fraction of sp³-hybridized carbons (Fsp3) is 0.522. The Kier molecular flexibility index (Phi) is 8.21. The zero-order valence-corrected chi connectivity index (χ0v) is 19.6. The van der Waals surface area contributed by atoms with Gasteiger partial charge in [0.25, 0.3) is 5.91 Å². The minimum absolute atomic E-state index is 0.0827. The monoisotopic (exact) mass is 473 g/mol. The van der Waals surface area contributed by atoms with Crippen LogP contribution in [0.1, 0.15) is 35.7 Å². The second kappa shape index (κ2) is 11.1. The van der Waals surface area contributed by atoms with E-state index in [2.05, 4.69) is 16.0 Å². The lowest BCUT2D eigenvalue weighted by Gasteiger charge is -2.28. The van der Waals surface area contributed by atoms with Gasteiger partial charge in [0.15, 0.2) is 0 Å². The molecule has 3 atom stereocenters. The lowest BCUT2D eigenvalue weighted by atomic mass is 10.1. The molecule has 0 radical (unpaired) electrons. The Bertz CT molecular complexity index is 965. The van der Waals surface area contributed by atoms with E-state index in [1.165, 1.54) is 16.7 Å². The molecule has 0 aromatic heterocycles. The Hall–Kier alpha value is -3.47. The first-order valence-corrected chi connectivity index (χ1v) is 11.2. The zero-order valence-electron chi connectivity index (χ0n) is 19.6. The first-order valence-electron chi connectivity index (χ1n) is 11.2. The molecule has 3 rings (SSSR count). The SMILES string of the molecule is CC(=O)N1CCC[C@H]1C(=O)N[C@@H]1CNC(=O)c2ccccc2COC[C@H](C(=O)N(C)C)NC1=O. The Balaban J connectivity index is 1.85. The standard InChI is InChI=1S/C23H31N5O6/c1-14(29)28-10-6-9-19(28)22(32)25-17-11-24-20(30)16-8-5-4-7-15(16)12-34-13-18(26-21(17)31)23(33)27(2)3/h4-5,7-8,17-19H,6,9-13H2,1-3H3,(H,24,30)(H,25,32)(H,26,31)/t17-,18-,19+/m1/s1.